The summed E-state index contributed by atoms with van der Waals surface area (Å²) < 4.78 is 9.93. The zero-order valence-electron chi connectivity index (χ0n) is 22.9. The monoisotopic (exact) mass is 499 g/mol. The minimum atomic E-state index is -0.392. The van der Waals surface area contributed by atoms with Crippen molar-refractivity contribution in [2.75, 3.05) is 20.3 Å². The van der Waals surface area contributed by atoms with Crippen molar-refractivity contribution in [2.24, 2.45) is 5.41 Å². The van der Waals surface area contributed by atoms with E-state index in [0.29, 0.717) is 24.4 Å². The molecule has 2 atom stereocenters. The highest BCUT2D eigenvalue weighted by molar-refractivity contribution is 5.96. The number of hydrogen-bond donors (Lipinski definition) is 2. The molecular weight excluding hydrogens is 458 g/mol. The third-order valence-electron chi connectivity index (χ3n) is 6.17. The maximum Gasteiger partial charge on any atom is 0.336 e. The lowest BCUT2D eigenvalue weighted by atomic mass is 9.92. The number of dihydropyridines is 1. The molecule has 1 amide bonds. The molecule has 1 fully saturated rings. The number of nitrogens with one attached hydrogen (secondary N) is 2. The van der Waals surface area contributed by atoms with Crippen molar-refractivity contribution >= 4 is 17.8 Å². The Balaban J connectivity index is 0.000000254. The van der Waals surface area contributed by atoms with Gasteiger partial charge in [-0.1, -0.05) is 51.1 Å². The second-order valence-corrected chi connectivity index (χ2v) is 10.1. The van der Waals surface area contributed by atoms with Crippen LogP contribution in [0.2, 0.25) is 0 Å². The highest BCUT2D eigenvalue weighted by Crippen LogP contribution is 2.27. The third kappa shape index (κ3) is 7.43. The summed E-state index contributed by atoms with van der Waals surface area (Å²) in [6.07, 6.45) is 1.12. The normalized spacial score (nSPS) is 20.0. The summed E-state index contributed by atoms with van der Waals surface area (Å²) in [4.78, 5) is 37.6. The van der Waals surface area contributed by atoms with Crippen LogP contribution in [0.1, 0.15) is 60.5 Å². The van der Waals surface area contributed by atoms with E-state index in [0.717, 1.165) is 17.8 Å². The van der Waals surface area contributed by atoms with Gasteiger partial charge in [-0.25, -0.2) is 9.59 Å². The van der Waals surface area contributed by atoms with Crippen LogP contribution in [0, 0.1) is 5.41 Å². The Morgan fingerprint density at radius 2 is 1.47 bits per heavy atom. The van der Waals surface area contributed by atoms with E-state index < -0.39 is 11.9 Å². The van der Waals surface area contributed by atoms with Crippen molar-refractivity contribution in [1.82, 2.24) is 15.5 Å². The third-order valence-corrected chi connectivity index (χ3v) is 6.17. The van der Waals surface area contributed by atoms with Crippen LogP contribution in [-0.2, 0) is 30.3 Å². The van der Waals surface area contributed by atoms with Crippen molar-refractivity contribution in [3.05, 3.63) is 58.4 Å². The number of amides is 1. The Labute approximate surface area is 215 Å². The van der Waals surface area contributed by atoms with Crippen LogP contribution in [0.5, 0.6) is 0 Å². The number of benzene rings is 1. The van der Waals surface area contributed by atoms with Crippen LogP contribution in [0.4, 0.5) is 0 Å². The summed E-state index contributed by atoms with van der Waals surface area (Å²) in [7, 11) is 1.89. The lowest BCUT2D eigenvalue weighted by Gasteiger charge is -2.32. The molecule has 0 spiro atoms. The number of hydrogen-bond acceptors (Lipinski definition) is 7. The van der Waals surface area contributed by atoms with E-state index in [-0.39, 0.29) is 30.0 Å². The van der Waals surface area contributed by atoms with E-state index in [2.05, 4.69) is 43.5 Å². The second-order valence-electron chi connectivity index (χ2n) is 10.1. The van der Waals surface area contributed by atoms with E-state index in [4.69, 9.17) is 9.47 Å². The molecule has 2 aliphatic heterocycles. The van der Waals surface area contributed by atoms with Gasteiger partial charge in [0.05, 0.1) is 36.6 Å². The van der Waals surface area contributed by atoms with Crippen LogP contribution >= 0.6 is 0 Å². The van der Waals surface area contributed by atoms with Gasteiger partial charge in [0, 0.05) is 24.9 Å². The molecule has 0 radical (unpaired) electrons. The van der Waals surface area contributed by atoms with Gasteiger partial charge in [0.15, 0.2) is 0 Å². The first kappa shape index (κ1) is 29.1. The zero-order valence-corrected chi connectivity index (χ0v) is 22.9. The van der Waals surface area contributed by atoms with E-state index in [1.807, 2.05) is 30.1 Å². The van der Waals surface area contributed by atoms with Crippen LogP contribution < -0.4 is 10.6 Å². The smallest absolute Gasteiger partial charge is 0.336 e. The number of ether oxygens (including phenoxy) is 2. The summed E-state index contributed by atoms with van der Waals surface area (Å²) in [5, 5.41) is 6.47. The molecular formula is C28H41N3O5. The number of allylic oxidation sites excluding steroid dienone is 2. The van der Waals surface area contributed by atoms with Crippen LogP contribution in [0.25, 0.3) is 0 Å². The van der Waals surface area contributed by atoms with Crippen LogP contribution in [0.3, 0.4) is 0 Å². The largest absolute Gasteiger partial charge is 0.463 e. The molecule has 198 valence electrons. The molecule has 2 N–H and O–H groups in total. The number of likely N-dealkylation sites (N-methyl/N-ethyl adjacent to an activating group) is 1. The lowest BCUT2D eigenvalue weighted by molar-refractivity contribution is -0.139. The standard InChI is InChI=1S/C15H22N2O.C13H19NO4/c1-15(2,3)14-16-12(13(18)17(14)4)10-11-8-6-5-7-9-11;1-5-17-12(15)10-7-11(13(16)18-6-2)9(4)14-8(10)3/h5-9,12,14,16H,10H2,1-4H3;14H,5-7H2,1-4H3/t12-,14-;/m1./s1. The quantitative estimate of drug-likeness (QED) is 0.576. The fourth-order valence-electron chi connectivity index (χ4n) is 4.33. The average Bonchev–Trinajstić information content (AvgIpc) is 3.09. The molecule has 0 saturated carbocycles. The van der Waals surface area contributed by atoms with E-state index in [9.17, 15) is 14.4 Å². The second kappa shape index (κ2) is 12.7. The predicted octanol–water partition coefficient (Wildman–Crippen LogP) is 3.69. The van der Waals surface area contributed by atoms with Gasteiger partial charge in [-0.05, 0) is 45.1 Å². The van der Waals surface area contributed by atoms with Crippen LogP contribution in [-0.4, -0.2) is 55.2 Å². The Bertz CT molecular complexity index is 970. The molecule has 0 aromatic heterocycles. The maximum absolute atomic E-state index is 12.2. The zero-order chi connectivity index (χ0) is 27.0. The Morgan fingerprint density at radius 1 is 0.972 bits per heavy atom. The van der Waals surface area contributed by atoms with Gasteiger partial charge in [0.2, 0.25) is 5.91 Å². The number of carbonyl (C=O) groups excluding carboxylic acids is 3. The van der Waals surface area contributed by atoms with Gasteiger partial charge in [-0.2, -0.15) is 0 Å². The number of rotatable bonds is 6. The van der Waals surface area contributed by atoms with Crippen molar-refractivity contribution in [1.29, 1.82) is 0 Å². The predicted molar refractivity (Wildman–Crippen MR) is 140 cm³/mol. The van der Waals surface area contributed by atoms with Crippen molar-refractivity contribution in [2.45, 2.75) is 73.5 Å². The Hall–Kier alpha value is -3.13. The first-order valence-electron chi connectivity index (χ1n) is 12.5. The Kier molecular flexibility index (Phi) is 10.3. The van der Waals surface area contributed by atoms with Gasteiger partial charge >= 0.3 is 11.9 Å². The maximum atomic E-state index is 12.2. The fourth-order valence-corrected chi connectivity index (χ4v) is 4.33. The lowest BCUT2D eigenvalue weighted by Crippen LogP contribution is -2.45. The van der Waals surface area contributed by atoms with E-state index in [1.165, 1.54) is 5.56 Å². The number of esters is 2. The molecule has 2 heterocycles. The fraction of sp³-hybridized carbons (Fsp3) is 0.536. The number of nitrogens with zero attached hydrogens (tertiary/aromatic N) is 1. The molecule has 8 nitrogen and oxygen atoms in total. The van der Waals surface area contributed by atoms with Gasteiger partial charge in [-0.15, -0.1) is 0 Å². The van der Waals surface area contributed by atoms with E-state index in [1.54, 1.807) is 27.7 Å². The summed E-state index contributed by atoms with van der Waals surface area (Å²) in [5.41, 5.74) is 3.65. The van der Waals surface area contributed by atoms with Crippen molar-refractivity contribution < 1.29 is 23.9 Å². The minimum absolute atomic E-state index is 0.0514. The molecule has 8 heteroatoms. The molecule has 2 aliphatic rings. The van der Waals surface area contributed by atoms with E-state index >= 15 is 0 Å². The summed E-state index contributed by atoms with van der Waals surface area (Å²) >= 11 is 0. The molecule has 36 heavy (non-hydrogen) atoms. The first-order valence-corrected chi connectivity index (χ1v) is 12.5. The molecule has 1 saturated heterocycles. The van der Waals surface area contributed by atoms with Gasteiger partial charge in [-0.3, -0.25) is 10.1 Å². The Morgan fingerprint density at radius 3 is 1.89 bits per heavy atom. The first-order chi connectivity index (χ1) is 16.9. The summed E-state index contributed by atoms with van der Waals surface area (Å²) in [6.45, 7) is 14.2. The van der Waals surface area contributed by atoms with Crippen molar-refractivity contribution in [3.8, 4) is 0 Å². The van der Waals surface area contributed by atoms with Gasteiger partial charge < -0.3 is 19.7 Å². The van der Waals surface area contributed by atoms with Crippen LogP contribution in [0.15, 0.2) is 52.9 Å². The molecule has 0 bridgehead atoms. The average molecular weight is 500 g/mol. The summed E-state index contributed by atoms with van der Waals surface area (Å²) in [6, 6.07) is 10.1. The molecule has 1 aromatic carbocycles. The molecule has 1 aromatic rings. The highest BCUT2D eigenvalue weighted by Gasteiger charge is 2.42. The van der Waals surface area contributed by atoms with Gasteiger partial charge in [0.25, 0.3) is 0 Å². The van der Waals surface area contributed by atoms with Gasteiger partial charge in [0.1, 0.15) is 0 Å². The minimum Gasteiger partial charge on any atom is -0.463 e. The summed E-state index contributed by atoms with van der Waals surface area (Å²) in [5.74, 6) is -0.590. The molecule has 0 aliphatic carbocycles. The SMILES string of the molecule is CCOC(=O)C1=C(C)NC(C)=C(C(=O)OCC)C1.CN1C(=O)[C@@H](Cc2ccccc2)N[C@H]1C(C)(C)C. The molecule has 3 rings (SSSR count). The topological polar surface area (TPSA) is 97.0 Å². The molecule has 0 unspecified atom stereocenters. The number of carbonyl (C=O) groups is 3. The highest BCUT2D eigenvalue weighted by atomic mass is 16.5. The van der Waals surface area contributed by atoms with Crippen molar-refractivity contribution in [3.63, 3.8) is 0 Å².